The maximum Gasteiger partial charge on any atom is 0.453 e. The molecule has 0 spiro atoms. The molecule has 0 aliphatic carbocycles. The molecule has 1 aromatic carbocycles. The Hall–Kier alpha value is -4.68. The van der Waals surface area contributed by atoms with Crippen LogP contribution in [0, 0.1) is 5.82 Å². The second kappa shape index (κ2) is 9.91. The minimum atomic E-state index is -5.82. The lowest BCUT2D eigenvalue weighted by molar-refractivity contribution is -0.284. The molecule has 1 amide bonds. The summed E-state index contributed by atoms with van der Waals surface area (Å²) in [5.41, 5.74) is -5.71. The van der Waals surface area contributed by atoms with E-state index in [9.17, 15) is 54.5 Å². The quantitative estimate of drug-likeness (QED) is 0.257. The number of phenols is 1. The van der Waals surface area contributed by atoms with Gasteiger partial charge in [0.25, 0.3) is 0 Å². The Morgan fingerprint density at radius 1 is 1.04 bits per heavy atom. The molecule has 1 fully saturated rings. The fourth-order valence-electron chi connectivity index (χ4n) is 5.39. The number of fused-ring (bicyclic) bond motifs is 2. The standard InChI is InChI=1S/C27H20F9N7O3/c1-23(12-2-3-16(44)13(28)8-12)17-19(41-22(23)45)39-18(40-21(17)43-10-24(46,11-43)26(31,32)33)15-9-42-7-6-37-20(42)14(38-15)4-5-25(29,30)27(34,35)36/h2-3,6-9,44,46H,4-5,10-11H2,1H3,(H,39,40,41,45)/t23-/m1/s1. The number of anilines is 2. The van der Waals surface area contributed by atoms with Crippen LogP contribution in [-0.4, -0.2) is 77.4 Å². The van der Waals surface area contributed by atoms with Crippen molar-refractivity contribution in [1.29, 1.82) is 0 Å². The lowest BCUT2D eigenvalue weighted by atomic mass is 9.77. The van der Waals surface area contributed by atoms with E-state index in [4.69, 9.17) is 0 Å². The molecule has 6 rings (SSSR count). The van der Waals surface area contributed by atoms with Crippen LogP contribution >= 0.6 is 0 Å². The van der Waals surface area contributed by atoms with E-state index in [1.165, 1.54) is 36.0 Å². The second-order valence-electron chi connectivity index (χ2n) is 11.2. The lowest BCUT2D eigenvalue weighted by Gasteiger charge is -2.48. The van der Waals surface area contributed by atoms with Crippen LogP contribution in [0.3, 0.4) is 0 Å². The number of carbonyl (C=O) groups excluding carboxylic acids is 1. The van der Waals surface area contributed by atoms with Gasteiger partial charge >= 0.3 is 18.3 Å². The first kappa shape index (κ1) is 31.3. The number of benzene rings is 1. The molecule has 5 heterocycles. The van der Waals surface area contributed by atoms with Gasteiger partial charge in [-0.3, -0.25) is 4.79 Å². The van der Waals surface area contributed by atoms with Crippen molar-refractivity contribution in [2.75, 3.05) is 23.3 Å². The zero-order valence-electron chi connectivity index (χ0n) is 23.2. The molecule has 2 aliphatic rings. The van der Waals surface area contributed by atoms with Crippen molar-refractivity contribution in [3.05, 3.63) is 59.4 Å². The predicted octanol–water partition coefficient (Wildman–Crippen LogP) is 4.53. The number of imidazole rings is 1. The molecule has 10 nitrogen and oxygen atoms in total. The number of aromatic nitrogens is 5. The molecule has 0 radical (unpaired) electrons. The molecule has 46 heavy (non-hydrogen) atoms. The maximum absolute atomic E-state index is 14.4. The van der Waals surface area contributed by atoms with E-state index in [1.54, 1.807) is 0 Å². The Bertz CT molecular complexity index is 1890. The van der Waals surface area contributed by atoms with Gasteiger partial charge in [-0.2, -0.15) is 35.1 Å². The van der Waals surface area contributed by atoms with Crippen molar-refractivity contribution in [3.8, 4) is 17.3 Å². The van der Waals surface area contributed by atoms with Gasteiger partial charge in [-0.05, 0) is 31.0 Å². The monoisotopic (exact) mass is 661 g/mol. The molecular formula is C27H20F9N7O3. The van der Waals surface area contributed by atoms with Gasteiger partial charge in [-0.25, -0.2) is 24.3 Å². The van der Waals surface area contributed by atoms with E-state index in [0.717, 1.165) is 17.0 Å². The van der Waals surface area contributed by atoms with Crippen LogP contribution in [0.5, 0.6) is 5.75 Å². The predicted molar refractivity (Wildman–Crippen MR) is 140 cm³/mol. The van der Waals surface area contributed by atoms with Gasteiger partial charge in [0.05, 0.1) is 24.3 Å². The van der Waals surface area contributed by atoms with Gasteiger partial charge in [0.1, 0.15) is 22.7 Å². The molecule has 0 unspecified atom stereocenters. The molecule has 19 heteroatoms. The largest absolute Gasteiger partial charge is 0.505 e. The zero-order chi connectivity index (χ0) is 33.6. The highest BCUT2D eigenvalue weighted by Crippen LogP contribution is 2.50. The molecule has 0 bridgehead atoms. The van der Waals surface area contributed by atoms with E-state index < -0.39 is 72.7 Å². The van der Waals surface area contributed by atoms with E-state index >= 15 is 0 Å². The Kier molecular flexibility index (Phi) is 6.74. The van der Waals surface area contributed by atoms with Gasteiger partial charge < -0.3 is 24.8 Å². The Morgan fingerprint density at radius 2 is 1.74 bits per heavy atom. The number of hydrogen-bond acceptors (Lipinski definition) is 8. The SMILES string of the molecule is C[C@]1(c2ccc(O)c(F)c2)C(=O)Nc2nc(-c3cn4ccnc4c(CCC(F)(F)C(F)(F)F)n3)nc(N3CC(O)(C(F)(F)F)C3)c21. The summed E-state index contributed by atoms with van der Waals surface area (Å²) in [6.07, 6.45) is -9.64. The fourth-order valence-corrected chi connectivity index (χ4v) is 5.39. The summed E-state index contributed by atoms with van der Waals surface area (Å²) in [5.74, 6) is -8.63. The maximum atomic E-state index is 14.4. The van der Waals surface area contributed by atoms with Crippen molar-refractivity contribution >= 4 is 23.2 Å². The van der Waals surface area contributed by atoms with E-state index in [0.29, 0.717) is 0 Å². The average Bonchev–Trinajstić information content (AvgIpc) is 3.52. The van der Waals surface area contributed by atoms with Gasteiger partial charge in [-0.1, -0.05) is 6.07 Å². The van der Waals surface area contributed by atoms with Crippen molar-refractivity contribution in [1.82, 2.24) is 24.3 Å². The normalized spacial score (nSPS) is 19.7. The van der Waals surface area contributed by atoms with E-state index in [1.807, 2.05) is 0 Å². The minimum absolute atomic E-state index is 0.0332. The number of amides is 1. The average molecular weight is 661 g/mol. The number of hydrogen-bond donors (Lipinski definition) is 3. The third-order valence-electron chi connectivity index (χ3n) is 8.10. The number of carbonyl (C=O) groups is 1. The number of nitrogens with one attached hydrogen (secondary N) is 1. The number of aryl methyl sites for hydroxylation is 1. The highest BCUT2D eigenvalue weighted by Gasteiger charge is 2.62. The molecular weight excluding hydrogens is 641 g/mol. The highest BCUT2D eigenvalue weighted by atomic mass is 19.4. The van der Waals surface area contributed by atoms with Gasteiger partial charge in [0.2, 0.25) is 5.91 Å². The number of phenolic OH excluding ortho intramolecular Hbond substituents is 1. The van der Waals surface area contributed by atoms with Crippen molar-refractivity contribution in [3.63, 3.8) is 0 Å². The van der Waals surface area contributed by atoms with Crippen molar-refractivity contribution < 1.29 is 54.5 Å². The topological polar surface area (TPSA) is 129 Å². The summed E-state index contributed by atoms with van der Waals surface area (Å²) >= 11 is 0. The number of halogens is 9. The summed E-state index contributed by atoms with van der Waals surface area (Å²) < 4.78 is 122. The Morgan fingerprint density at radius 3 is 2.37 bits per heavy atom. The van der Waals surface area contributed by atoms with Crippen LogP contribution in [0.4, 0.5) is 51.1 Å². The highest BCUT2D eigenvalue weighted by molar-refractivity contribution is 6.09. The van der Waals surface area contributed by atoms with Crippen LogP contribution in [0.2, 0.25) is 0 Å². The molecule has 3 aromatic heterocycles. The Balaban J connectivity index is 1.50. The molecule has 1 saturated heterocycles. The van der Waals surface area contributed by atoms with Gasteiger partial charge in [0.15, 0.2) is 28.6 Å². The van der Waals surface area contributed by atoms with E-state index in [-0.39, 0.29) is 45.6 Å². The summed E-state index contributed by atoms with van der Waals surface area (Å²) in [6.45, 7) is -0.740. The van der Waals surface area contributed by atoms with Gasteiger partial charge in [0, 0.05) is 25.0 Å². The first-order chi connectivity index (χ1) is 21.2. The van der Waals surface area contributed by atoms with E-state index in [2.05, 4.69) is 25.3 Å². The molecule has 0 saturated carbocycles. The van der Waals surface area contributed by atoms with Gasteiger partial charge in [-0.15, -0.1) is 0 Å². The number of nitrogens with zero attached hydrogens (tertiary/aromatic N) is 6. The van der Waals surface area contributed by atoms with Crippen LogP contribution in [0.1, 0.15) is 30.2 Å². The number of rotatable bonds is 6. The molecule has 244 valence electrons. The van der Waals surface area contributed by atoms with Crippen molar-refractivity contribution in [2.45, 2.75) is 49.1 Å². The number of β-amino-alcohol motifs (C(OH)–C–C–N with tert-alkyl or cyclic N) is 1. The first-order valence-electron chi connectivity index (χ1n) is 13.3. The summed E-state index contributed by atoms with van der Waals surface area (Å²) in [4.78, 5) is 31.1. The van der Waals surface area contributed by atoms with Crippen molar-refractivity contribution in [2.24, 2.45) is 0 Å². The number of alkyl halides is 8. The lowest BCUT2D eigenvalue weighted by Crippen LogP contribution is -2.69. The van der Waals surface area contributed by atoms with Crippen LogP contribution in [0.25, 0.3) is 17.2 Å². The third-order valence-corrected chi connectivity index (χ3v) is 8.10. The third kappa shape index (κ3) is 4.74. The second-order valence-corrected chi connectivity index (χ2v) is 11.2. The Labute approximate surface area is 251 Å². The molecule has 2 aliphatic heterocycles. The summed E-state index contributed by atoms with van der Waals surface area (Å²) in [5, 5.41) is 22.3. The van der Waals surface area contributed by atoms with Crippen LogP contribution in [-0.2, 0) is 16.6 Å². The zero-order valence-corrected chi connectivity index (χ0v) is 23.2. The molecule has 4 aromatic rings. The molecule has 3 N–H and O–H groups in total. The summed E-state index contributed by atoms with van der Waals surface area (Å²) in [7, 11) is 0. The summed E-state index contributed by atoms with van der Waals surface area (Å²) in [6, 6.07) is 3.03. The number of aromatic hydroxyl groups is 1. The minimum Gasteiger partial charge on any atom is -0.505 e. The fraction of sp³-hybridized carbons (Fsp3) is 0.370. The smallest absolute Gasteiger partial charge is 0.453 e. The van der Waals surface area contributed by atoms with Crippen LogP contribution < -0.4 is 10.2 Å². The first-order valence-corrected chi connectivity index (χ1v) is 13.3. The number of aliphatic hydroxyl groups is 1. The molecule has 1 atom stereocenters. The van der Waals surface area contributed by atoms with Crippen LogP contribution in [0.15, 0.2) is 36.8 Å².